The number of nitriles is 1. The van der Waals surface area contributed by atoms with E-state index in [0.717, 1.165) is 40.2 Å². The molecular formula is C21H21BrN4O2. The van der Waals surface area contributed by atoms with E-state index in [9.17, 15) is 10.1 Å². The van der Waals surface area contributed by atoms with E-state index < -0.39 is 6.10 Å². The van der Waals surface area contributed by atoms with Gasteiger partial charge in [-0.05, 0) is 71.6 Å². The SMILES string of the molecule is Cc1cc(C#N)cc([C@H]2OC(=O)N(Cc3nc(N4CCC4)ccc3Br)[C@H]2C)c1. The molecule has 6 nitrogen and oxygen atoms in total. The van der Waals surface area contributed by atoms with Crippen LogP contribution in [0, 0.1) is 18.3 Å². The molecule has 4 rings (SSSR count). The average molecular weight is 441 g/mol. The molecule has 2 aliphatic rings. The summed E-state index contributed by atoms with van der Waals surface area (Å²) >= 11 is 3.56. The summed E-state index contributed by atoms with van der Waals surface area (Å²) in [6, 6.07) is 11.6. The second-order valence-corrected chi connectivity index (χ2v) is 8.21. The van der Waals surface area contributed by atoms with Crippen molar-refractivity contribution in [2.45, 2.75) is 39.0 Å². The number of carbonyl (C=O) groups is 1. The molecule has 1 amide bonds. The number of aryl methyl sites for hydroxylation is 1. The summed E-state index contributed by atoms with van der Waals surface area (Å²) in [7, 11) is 0. The highest BCUT2D eigenvalue weighted by Gasteiger charge is 2.40. The number of rotatable bonds is 4. The van der Waals surface area contributed by atoms with E-state index in [2.05, 4.69) is 26.9 Å². The van der Waals surface area contributed by atoms with Crippen molar-refractivity contribution in [3.8, 4) is 6.07 Å². The summed E-state index contributed by atoms with van der Waals surface area (Å²) in [5, 5.41) is 9.23. The minimum atomic E-state index is -0.406. The van der Waals surface area contributed by atoms with Crippen molar-refractivity contribution >= 4 is 27.8 Å². The first-order valence-electron chi connectivity index (χ1n) is 9.35. The largest absolute Gasteiger partial charge is 0.439 e. The molecule has 0 radical (unpaired) electrons. The minimum Gasteiger partial charge on any atom is -0.439 e. The molecule has 28 heavy (non-hydrogen) atoms. The maximum Gasteiger partial charge on any atom is 0.411 e. The van der Waals surface area contributed by atoms with E-state index >= 15 is 0 Å². The second kappa shape index (κ2) is 7.44. The summed E-state index contributed by atoms with van der Waals surface area (Å²) in [5.74, 6) is 0.943. The first kappa shape index (κ1) is 18.8. The predicted octanol–water partition coefficient (Wildman–Crippen LogP) is 4.32. The minimum absolute atomic E-state index is 0.165. The van der Waals surface area contributed by atoms with Crippen LogP contribution in [0.3, 0.4) is 0 Å². The molecular weight excluding hydrogens is 420 g/mol. The number of amides is 1. The van der Waals surface area contributed by atoms with E-state index in [4.69, 9.17) is 9.72 Å². The Hall–Kier alpha value is -2.59. The molecule has 0 unspecified atom stereocenters. The number of nitrogens with zero attached hydrogens (tertiary/aromatic N) is 4. The number of carbonyl (C=O) groups excluding carboxylic acids is 1. The second-order valence-electron chi connectivity index (χ2n) is 7.36. The molecule has 2 atom stereocenters. The molecule has 7 heteroatoms. The van der Waals surface area contributed by atoms with E-state index in [1.54, 1.807) is 11.0 Å². The molecule has 0 aliphatic carbocycles. The molecule has 0 saturated carbocycles. The normalized spacial score (nSPS) is 21.3. The standard InChI is InChI=1S/C21H21BrN4O2/c1-13-8-15(11-23)10-16(9-13)20-14(2)26(21(27)28-20)12-18-17(22)4-5-19(24-18)25-6-3-7-25/h4-5,8-10,14,20H,3,6-7,12H2,1-2H3/t14-,20-/m0/s1. The van der Waals surface area contributed by atoms with Crippen LogP contribution in [-0.4, -0.2) is 35.1 Å². The summed E-state index contributed by atoms with van der Waals surface area (Å²) in [5.41, 5.74) is 3.21. The van der Waals surface area contributed by atoms with Crippen LogP contribution in [0.1, 0.15) is 41.8 Å². The van der Waals surface area contributed by atoms with Crippen molar-refractivity contribution in [3.63, 3.8) is 0 Å². The summed E-state index contributed by atoms with van der Waals surface area (Å²) in [4.78, 5) is 21.3. The van der Waals surface area contributed by atoms with Gasteiger partial charge in [0.15, 0.2) is 0 Å². The Morgan fingerprint density at radius 2 is 2.11 bits per heavy atom. The number of aromatic nitrogens is 1. The Morgan fingerprint density at radius 3 is 2.79 bits per heavy atom. The van der Waals surface area contributed by atoms with Gasteiger partial charge in [-0.1, -0.05) is 6.07 Å². The zero-order valence-corrected chi connectivity index (χ0v) is 17.4. The van der Waals surface area contributed by atoms with Crippen LogP contribution in [-0.2, 0) is 11.3 Å². The van der Waals surface area contributed by atoms with Crippen LogP contribution < -0.4 is 4.90 Å². The van der Waals surface area contributed by atoms with Gasteiger partial charge in [-0.2, -0.15) is 5.26 Å². The van der Waals surface area contributed by atoms with Crippen molar-refractivity contribution in [2.75, 3.05) is 18.0 Å². The lowest BCUT2D eigenvalue weighted by molar-refractivity contribution is 0.130. The smallest absolute Gasteiger partial charge is 0.411 e. The Morgan fingerprint density at radius 1 is 1.32 bits per heavy atom. The van der Waals surface area contributed by atoms with Crippen molar-refractivity contribution in [2.24, 2.45) is 0 Å². The lowest BCUT2D eigenvalue weighted by atomic mass is 9.99. The van der Waals surface area contributed by atoms with Crippen LogP contribution in [0.4, 0.5) is 10.6 Å². The highest BCUT2D eigenvalue weighted by Crippen LogP contribution is 2.35. The third kappa shape index (κ3) is 3.45. The molecule has 144 valence electrons. The number of hydrogen-bond acceptors (Lipinski definition) is 5. The van der Waals surface area contributed by atoms with Crippen molar-refractivity contribution in [3.05, 3.63) is 57.2 Å². The molecule has 1 aromatic carbocycles. The fraction of sp³-hybridized carbons (Fsp3) is 0.381. The molecule has 1 aromatic heterocycles. The van der Waals surface area contributed by atoms with E-state index in [0.29, 0.717) is 12.1 Å². The quantitative estimate of drug-likeness (QED) is 0.707. The number of cyclic esters (lactones) is 1. The summed E-state index contributed by atoms with van der Waals surface area (Å²) < 4.78 is 6.55. The van der Waals surface area contributed by atoms with Gasteiger partial charge in [-0.3, -0.25) is 4.90 Å². The lowest BCUT2D eigenvalue weighted by Crippen LogP contribution is -2.38. The van der Waals surface area contributed by atoms with Crippen LogP contribution >= 0.6 is 15.9 Å². The zero-order chi connectivity index (χ0) is 19.8. The fourth-order valence-corrected chi connectivity index (χ4v) is 4.01. The van der Waals surface area contributed by atoms with Crippen LogP contribution in [0.15, 0.2) is 34.8 Å². The number of anilines is 1. The van der Waals surface area contributed by atoms with Crippen molar-refractivity contribution in [1.82, 2.24) is 9.88 Å². The Labute approximate surface area is 172 Å². The number of pyridine rings is 1. The van der Waals surface area contributed by atoms with Gasteiger partial charge < -0.3 is 9.64 Å². The monoisotopic (exact) mass is 440 g/mol. The topological polar surface area (TPSA) is 69.5 Å². The highest BCUT2D eigenvalue weighted by atomic mass is 79.9. The molecule has 2 saturated heterocycles. The predicted molar refractivity (Wildman–Crippen MR) is 109 cm³/mol. The zero-order valence-electron chi connectivity index (χ0n) is 15.9. The summed E-state index contributed by atoms with van der Waals surface area (Å²) in [6.45, 7) is 6.32. The van der Waals surface area contributed by atoms with Gasteiger partial charge in [0.25, 0.3) is 0 Å². The molecule has 0 N–H and O–H groups in total. The molecule has 2 fully saturated rings. The Balaban J connectivity index is 1.57. The van der Waals surface area contributed by atoms with Crippen molar-refractivity contribution in [1.29, 1.82) is 5.26 Å². The number of halogens is 1. The third-order valence-corrected chi connectivity index (χ3v) is 6.08. The van der Waals surface area contributed by atoms with Gasteiger partial charge in [0.05, 0.1) is 29.9 Å². The average Bonchev–Trinajstić information content (AvgIpc) is 2.90. The first-order chi connectivity index (χ1) is 13.5. The molecule has 0 spiro atoms. The van der Waals surface area contributed by atoms with Gasteiger partial charge in [-0.25, -0.2) is 9.78 Å². The number of hydrogen-bond donors (Lipinski definition) is 0. The molecule has 0 bridgehead atoms. The maximum absolute atomic E-state index is 12.6. The van der Waals surface area contributed by atoms with E-state index in [-0.39, 0.29) is 12.1 Å². The van der Waals surface area contributed by atoms with Crippen LogP contribution in [0.2, 0.25) is 0 Å². The molecule has 3 heterocycles. The Kier molecular flexibility index (Phi) is 4.98. The number of ether oxygens (including phenoxy) is 1. The first-order valence-corrected chi connectivity index (χ1v) is 10.1. The van der Waals surface area contributed by atoms with Crippen LogP contribution in [0.5, 0.6) is 0 Å². The van der Waals surface area contributed by atoms with Gasteiger partial charge in [0.2, 0.25) is 0 Å². The Bertz CT molecular complexity index is 967. The lowest BCUT2D eigenvalue weighted by Gasteiger charge is -2.32. The fourth-order valence-electron chi connectivity index (χ4n) is 3.67. The molecule has 2 aromatic rings. The summed E-state index contributed by atoms with van der Waals surface area (Å²) in [6.07, 6.45) is 0.420. The van der Waals surface area contributed by atoms with Gasteiger partial charge in [0, 0.05) is 17.6 Å². The van der Waals surface area contributed by atoms with Gasteiger partial charge >= 0.3 is 6.09 Å². The number of benzene rings is 1. The van der Waals surface area contributed by atoms with Crippen LogP contribution in [0.25, 0.3) is 0 Å². The van der Waals surface area contributed by atoms with E-state index in [1.807, 2.05) is 38.1 Å². The highest BCUT2D eigenvalue weighted by molar-refractivity contribution is 9.10. The molecule has 2 aliphatic heterocycles. The van der Waals surface area contributed by atoms with E-state index in [1.165, 1.54) is 6.42 Å². The van der Waals surface area contributed by atoms with Gasteiger partial charge in [-0.15, -0.1) is 0 Å². The van der Waals surface area contributed by atoms with Gasteiger partial charge in [0.1, 0.15) is 11.9 Å². The third-order valence-electron chi connectivity index (χ3n) is 5.35. The maximum atomic E-state index is 12.6. The van der Waals surface area contributed by atoms with Crippen molar-refractivity contribution < 1.29 is 9.53 Å².